The normalized spacial score (nSPS) is 21.4. The fraction of sp³-hybridized carbons (Fsp3) is 0.600. The standard InChI is InChI=1S/C25H34N4O2S/c30-23(27-19-25(11-5-2-6-12-25)28-13-15-31-16-14-28)18-32-24-26-17-22(29(24)21-9-10-21)20-7-3-1-4-8-20/h1,3-4,7-8,17,21H,2,5-6,9-16,18-19H2,(H,27,30). The molecule has 1 saturated heterocycles. The Kier molecular flexibility index (Phi) is 6.85. The van der Waals surface area contributed by atoms with Gasteiger partial charge in [-0.3, -0.25) is 9.69 Å². The van der Waals surface area contributed by atoms with E-state index in [-0.39, 0.29) is 11.4 Å². The van der Waals surface area contributed by atoms with Crippen LogP contribution in [-0.2, 0) is 9.53 Å². The molecule has 0 spiro atoms. The van der Waals surface area contributed by atoms with Gasteiger partial charge in [0, 0.05) is 31.2 Å². The molecule has 2 heterocycles. The van der Waals surface area contributed by atoms with E-state index in [1.165, 1.54) is 50.5 Å². The van der Waals surface area contributed by atoms with Crippen molar-refractivity contribution in [2.45, 2.75) is 61.7 Å². The third kappa shape index (κ3) is 4.90. The van der Waals surface area contributed by atoms with Gasteiger partial charge in [-0.05, 0) is 31.2 Å². The Morgan fingerprint density at radius 1 is 1.12 bits per heavy atom. The molecule has 2 aliphatic carbocycles. The summed E-state index contributed by atoms with van der Waals surface area (Å²) >= 11 is 1.57. The summed E-state index contributed by atoms with van der Waals surface area (Å²) in [5, 5.41) is 4.24. The van der Waals surface area contributed by atoms with Gasteiger partial charge in [-0.15, -0.1) is 0 Å². The van der Waals surface area contributed by atoms with Crippen LogP contribution in [0.5, 0.6) is 0 Å². The number of rotatable bonds is 8. The quantitative estimate of drug-likeness (QED) is 0.608. The van der Waals surface area contributed by atoms with E-state index >= 15 is 0 Å². The molecule has 0 radical (unpaired) electrons. The van der Waals surface area contributed by atoms with Gasteiger partial charge in [-0.1, -0.05) is 61.4 Å². The maximum atomic E-state index is 12.8. The number of amides is 1. The van der Waals surface area contributed by atoms with E-state index in [9.17, 15) is 4.79 Å². The van der Waals surface area contributed by atoms with Crippen molar-refractivity contribution in [3.05, 3.63) is 36.5 Å². The maximum absolute atomic E-state index is 12.8. The Bertz CT molecular complexity index is 900. The molecule has 1 aromatic heterocycles. The van der Waals surface area contributed by atoms with E-state index in [1.54, 1.807) is 11.8 Å². The summed E-state index contributed by atoms with van der Waals surface area (Å²) in [5.74, 6) is 0.525. The lowest BCUT2D eigenvalue weighted by Gasteiger charge is -2.48. The second-order valence-corrected chi connectivity index (χ2v) is 10.3. The molecule has 1 amide bonds. The minimum Gasteiger partial charge on any atom is -0.379 e. The number of carbonyl (C=O) groups excluding carboxylic acids is 1. The van der Waals surface area contributed by atoms with Crippen molar-refractivity contribution >= 4 is 17.7 Å². The summed E-state index contributed by atoms with van der Waals surface area (Å²) in [4.78, 5) is 20.1. The highest BCUT2D eigenvalue weighted by molar-refractivity contribution is 7.99. The number of thioether (sulfide) groups is 1. The van der Waals surface area contributed by atoms with Crippen molar-refractivity contribution in [2.75, 3.05) is 38.6 Å². The lowest BCUT2D eigenvalue weighted by molar-refractivity contribution is -0.119. The van der Waals surface area contributed by atoms with Crippen LogP contribution in [0, 0.1) is 0 Å². The molecular weight excluding hydrogens is 420 g/mol. The lowest BCUT2D eigenvalue weighted by Crippen LogP contribution is -2.59. The number of hydrogen-bond acceptors (Lipinski definition) is 5. The zero-order chi connectivity index (χ0) is 21.8. The average Bonchev–Trinajstić information content (AvgIpc) is 3.61. The van der Waals surface area contributed by atoms with Gasteiger partial charge in [-0.2, -0.15) is 0 Å². The van der Waals surface area contributed by atoms with Crippen LogP contribution < -0.4 is 5.32 Å². The molecule has 1 aliphatic heterocycles. The number of benzene rings is 1. The summed E-state index contributed by atoms with van der Waals surface area (Å²) in [6.45, 7) is 4.31. The molecule has 0 bridgehead atoms. The highest BCUT2D eigenvalue weighted by atomic mass is 32.2. The molecule has 32 heavy (non-hydrogen) atoms. The molecule has 5 rings (SSSR count). The highest BCUT2D eigenvalue weighted by Gasteiger charge is 2.38. The first-order valence-corrected chi connectivity index (χ1v) is 13.1. The largest absolute Gasteiger partial charge is 0.379 e. The fourth-order valence-electron chi connectivity index (χ4n) is 5.26. The predicted molar refractivity (Wildman–Crippen MR) is 128 cm³/mol. The number of carbonyl (C=O) groups is 1. The van der Waals surface area contributed by atoms with Crippen molar-refractivity contribution < 1.29 is 9.53 Å². The van der Waals surface area contributed by atoms with E-state index in [2.05, 4.69) is 44.0 Å². The molecule has 172 valence electrons. The van der Waals surface area contributed by atoms with Gasteiger partial charge in [0.1, 0.15) is 0 Å². The van der Waals surface area contributed by atoms with Gasteiger partial charge in [0.05, 0.1) is 30.9 Å². The topological polar surface area (TPSA) is 59.4 Å². The second-order valence-electron chi connectivity index (χ2n) is 9.34. The van der Waals surface area contributed by atoms with Crippen LogP contribution in [0.1, 0.15) is 51.0 Å². The van der Waals surface area contributed by atoms with Crippen LogP contribution in [0.15, 0.2) is 41.7 Å². The Balaban J connectivity index is 1.21. The van der Waals surface area contributed by atoms with E-state index < -0.39 is 0 Å². The van der Waals surface area contributed by atoms with E-state index in [4.69, 9.17) is 4.74 Å². The van der Waals surface area contributed by atoms with Crippen LogP contribution >= 0.6 is 11.8 Å². The summed E-state index contributed by atoms with van der Waals surface area (Å²) in [6, 6.07) is 10.9. The SMILES string of the molecule is O=C(CSc1ncc(-c2ccccc2)n1C1CC1)NCC1(N2CCOCC2)CCCCC1. The fourth-order valence-corrected chi connectivity index (χ4v) is 6.13. The van der Waals surface area contributed by atoms with Gasteiger partial charge in [0.25, 0.3) is 0 Å². The van der Waals surface area contributed by atoms with E-state index in [1.807, 2.05) is 12.3 Å². The van der Waals surface area contributed by atoms with Crippen LogP contribution in [0.25, 0.3) is 11.3 Å². The van der Waals surface area contributed by atoms with Gasteiger partial charge >= 0.3 is 0 Å². The molecule has 0 atom stereocenters. The average molecular weight is 455 g/mol. The predicted octanol–water partition coefficient (Wildman–Crippen LogP) is 4.13. The van der Waals surface area contributed by atoms with E-state index in [0.29, 0.717) is 11.8 Å². The van der Waals surface area contributed by atoms with Crippen molar-refractivity contribution in [1.29, 1.82) is 0 Å². The van der Waals surface area contributed by atoms with Crippen molar-refractivity contribution in [3.8, 4) is 11.3 Å². The molecule has 3 fully saturated rings. The zero-order valence-electron chi connectivity index (χ0n) is 18.8. The minimum absolute atomic E-state index is 0.106. The zero-order valence-corrected chi connectivity index (χ0v) is 19.6. The first-order valence-electron chi connectivity index (χ1n) is 12.1. The summed E-state index contributed by atoms with van der Waals surface area (Å²) in [5.41, 5.74) is 2.45. The molecule has 6 nitrogen and oxygen atoms in total. The third-order valence-corrected chi connectivity index (χ3v) is 8.12. The van der Waals surface area contributed by atoms with Crippen LogP contribution in [0.2, 0.25) is 0 Å². The minimum atomic E-state index is 0.106. The molecule has 1 aromatic carbocycles. The van der Waals surface area contributed by atoms with Gasteiger partial charge in [0.2, 0.25) is 5.91 Å². The van der Waals surface area contributed by atoms with Crippen LogP contribution in [0.4, 0.5) is 0 Å². The lowest BCUT2D eigenvalue weighted by atomic mass is 9.79. The summed E-state index contributed by atoms with van der Waals surface area (Å²) < 4.78 is 7.91. The first-order chi connectivity index (χ1) is 15.8. The summed E-state index contributed by atoms with van der Waals surface area (Å²) in [6.07, 6.45) is 10.5. The number of nitrogens with one attached hydrogen (secondary N) is 1. The number of aromatic nitrogens is 2. The Morgan fingerprint density at radius 3 is 2.59 bits per heavy atom. The van der Waals surface area contributed by atoms with Gasteiger partial charge in [-0.25, -0.2) is 4.98 Å². The number of morpholine rings is 1. The first kappa shape index (κ1) is 22.0. The molecule has 0 unspecified atom stereocenters. The molecule has 2 aromatic rings. The van der Waals surface area contributed by atoms with Crippen molar-refractivity contribution in [1.82, 2.24) is 19.8 Å². The summed E-state index contributed by atoms with van der Waals surface area (Å²) in [7, 11) is 0. The highest BCUT2D eigenvalue weighted by Crippen LogP contribution is 2.42. The third-order valence-electron chi connectivity index (χ3n) is 7.16. The van der Waals surface area contributed by atoms with Gasteiger partial charge < -0.3 is 14.6 Å². The monoisotopic (exact) mass is 454 g/mol. The molecular formula is C25H34N4O2S. The molecule has 1 N–H and O–H groups in total. The Labute approximate surface area is 195 Å². The number of ether oxygens (including phenoxy) is 1. The van der Waals surface area contributed by atoms with Crippen molar-refractivity contribution in [3.63, 3.8) is 0 Å². The smallest absolute Gasteiger partial charge is 0.230 e. The molecule has 7 heteroatoms. The second kappa shape index (κ2) is 9.98. The maximum Gasteiger partial charge on any atom is 0.230 e. The molecule has 3 aliphatic rings. The Hall–Kier alpha value is -1.83. The van der Waals surface area contributed by atoms with Crippen LogP contribution in [-0.4, -0.2) is 64.5 Å². The van der Waals surface area contributed by atoms with E-state index in [0.717, 1.165) is 43.7 Å². The number of hydrogen-bond donors (Lipinski definition) is 1. The van der Waals surface area contributed by atoms with Crippen LogP contribution in [0.3, 0.4) is 0 Å². The Morgan fingerprint density at radius 2 is 1.88 bits per heavy atom. The number of nitrogens with zero attached hydrogens (tertiary/aromatic N) is 3. The van der Waals surface area contributed by atoms with Crippen molar-refractivity contribution in [2.24, 2.45) is 0 Å². The molecule has 2 saturated carbocycles. The van der Waals surface area contributed by atoms with Gasteiger partial charge in [0.15, 0.2) is 5.16 Å². The number of imidazole rings is 1.